The summed E-state index contributed by atoms with van der Waals surface area (Å²) in [5, 5.41) is 8.79. The van der Waals surface area contributed by atoms with Gasteiger partial charge in [0.1, 0.15) is 0 Å². The number of nitrogens with zero attached hydrogens (tertiary/aromatic N) is 1. The number of carboxylic acids is 1. The third-order valence-electron chi connectivity index (χ3n) is 2.96. The van der Waals surface area contributed by atoms with Crippen molar-refractivity contribution in [1.29, 1.82) is 0 Å². The van der Waals surface area contributed by atoms with Crippen molar-refractivity contribution < 1.29 is 14.6 Å². The minimum absolute atomic E-state index is 0.291. The number of carbonyl (C=O) groups is 1. The molecule has 0 radical (unpaired) electrons. The molecule has 4 nitrogen and oxygen atoms in total. The molecule has 1 saturated heterocycles. The van der Waals surface area contributed by atoms with E-state index in [1.807, 2.05) is 12.1 Å². The van der Waals surface area contributed by atoms with E-state index < -0.39 is 5.97 Å². The number of hydrogen-bond donors (Lipinski definition) is 1. The Morgan fingerprint density at radius 2 is 2.12 bits per heavy atom. The first-order valence-corrected chi connectivity index (χ1v) is 5.32. The third kappa shape index (κ3) is 2.17. The van der Waals surface area contributed by atoms with Crippen molar-refractivity contribution >= 4 is 11.7 Å². The second kappa shape index (κ2) is 4.53. The molecule has 0 unspecified atom stereocenters. The van der Waals surface area contributed by atoms with Gasteiger partial charge < -0.3 is 14.7 Å². The molecule has 1 fully saturated rings. The fourth-order valence-corrected chi connectivity index (χ4v) is 1.97. The molecule has 0 saturated carbocycles. The number of benzene rings is 1. The lowest BCUT2D eigenvalue weighted by Gasteiger charge is -2.18. The summed E-state index contributed by atoms with van der Waals surface area (Å²) < 4.78 is 5.29. The monoisotopic (exact) mass is 221 g/mol. The minimum Gasteiger partial charge on any atom is -0.478 e. The molecule has 2 rings (SSSR count). The van der Waals surface area contributed by atoms with Crippen LogP contribution in [0.3, 0.4) is 0 Å². The van der Waals surface area contributed by atoms with Gasteiger partial charge in [-0.15, -0.1) is 0 Å². The Balaban J connectivity index is 2.08. The van der Waals surface area contributed by atoms with Gasteiger partial charge in [0.25, 0.3) is 0 Å². The van der Waals surface area contributed by atoms with Gasteiger partial charge >= 0.3 is 5.97 Å². The standard InChI is InChI=1S/C12H15NO3/c1-16-11-6-7-13(8-11)10-4-2-9(3-5-10)12(14)15/h2-5,11H,6-8H2,1H3,(H,14,15)/t11-/m0/s1. The largest absolute Gasteiger partial charge is 0.478 e. The Morgan fingerprint density at radius 3 is 2.62 bits per heavy atom. The van der Waals surface area contributed by atoms with Gasteiger partial charge in [0, 0.05) is 25.9 Å². The Labute approximate surface area is 94.4 Å². The van der Waals surface area contributed by atoms with Gasteiger partial charge in [-0.05, 0) is 30.7 Å². The zero-order valence-corrected chi connectivity index (χ0v) is 9.22. The van der Waals surface area contributed by atoms with Crippen molar-refractivity contribution in [3.05, 3.63) is 29.8 Å². The summed E-state index contributed by atoms with van der Waals surface area (Å²) in [7, 11) is 1.72. The number of anilines is 1. The van der Waals surface area contributed by atoms with E-state index >= 15 is 0 Å². The predicted molar refractivity (Wildman–Crippen MR) is 61.0 cm³/mol. The zero-order chi connectivity index (χ0) is 11.5. The number of aromatic carboxylic acids is 1. The van der Waals surface area contributed by atoms with E-state index in [1.54, 1.807) is 19.2 Å². The van der Waals surface area contributed by atoms with Crippen LogP contribution in [0.25, 0.3) is 0 Å². The highest BCUT2D eigenvalue weighted by Crippen LogP contribution is 2.21. The van der Waals surface area contributed by atoms with Crippen LogP contribution in [0.4, 0.5) is 5.69 Å². The molecular formula is C12H15NO3. The van der Waals surface area contributed by atoms with Crippen molar-refractivity contribution in [3.8, 4) is 0 Å². The lowest BCUT2D eigenvalue weighted by Crippen LogP contribution is -2.22. The topological polar surface area (TPSA) is 49.8 Å². The average molecular weight is 221 g/mol. The van der Waals surface area contributed by atoms with Crippen LogP contribution in [0.5, 0.6) is 0 Å². The molecule has 0 amide bonds. The maximum Gasteiger partial charge on any atom is 0.335 e. The normalized spacial score (nSPS) is 20.1. The molecule has 1 atom stereocenters. The van der Waals surface area contributed by atoms with Gasteiger partial charge in [-0.3, -0.25) is 0 Å². The first-order chi connectivity index (χ1) is 7.70. The Hall–Kier alpha value is -1.55. The van der Waals surface area contributed by atoms with Crippen molar-refractivity contribution in [3.63, 3.8) is 0 Å². The van der Waals surface area contributed by atoms with E-state index in [1.165, 1.54) is 0 Å². The molecule has 1 aromatic carbocycles. The number of methoxy groups -OCH3 is 1. The fraction of sp³-hybridized carbons (Fsp3) is 0.417. The summed E-state index contributed by atoms with van der Waals surface area (Å²) in [6, 6.07) is 6.97. The third-order valence-corrected chi connectivity index (χ3v) is 2.96. The summed E-state index contributed by atoms with van der Waals surface area (Å²) in [5.41, 5.74) is 1.38. The van der Waals surface area contributed by atoms with E-state index in [-0.39, 0.29) is 0 Å². The van der Waals surface area contributed by atoms with Crippen LogP contribution >= 0.6 is 0 Å². The Morgan fingerprint density at radius 1 is 1.44 bits per heavy atom. The summed E-state index contributed by atoms with van der Waals surface area (Å²) in [4.78, 5) is 12.9. The first kappa shape index (κ1) is 11.0. The lowest BCUT2D eigenvalue weighted by atomic mass is 10.2. The van der Waals surface area contributed by atoms with Gasteiger partial charge in [0.05, 0.1) is 11.7 Å². The molecule has 1 N–H and O–H groups in total. The summed E-state index contributed by atoms with van der Waals surface area (Å²) >= 11 is 0. The maximum absolute atomic E-state index is 10.7. The van der Waals surface area contributed by atoms with Crippen LogP contribution in [-0.2, 0) is 4.74 Å². The van der Waals surface area contributed by atoms with Crippen molar-refractivity contribution in [2.24, 2.45) is 0 Å². The number of rotatable bonds is 3. The van der Waals surface area contributed by atoms with Crippen LogP contribution in [0.2, 0.25) is 0 Å². The van der Waals surface area contributed by atoms with Gasteiger partial charge in [0.2, 0.25) is 0 Å². The highest BCUT2D eigenvalue weighted by Gasteiger charge is 2.22. The van der Waals surface area contributed by atoms with Crippen LogP contribution in [-0.4, -0.2) is 37.4 Å². The van der Waals surface area contributed by atoms with E-state index in [0.717, 1.165) is 25.2 Å². The number of hydrogen-bond acceptors (Lipinski definition) is 3. The number of carboxylic acid groups (broad SMARTS) is 1. The quantitative estimate of drug-likeness (QED) is 0.842. The van der Waals surface area contributed by atoms with Crippen molar-refractivity contribution in [2.45, 2.75) is 12.5 Å². The molecule has 0 aliphatic carbocycles. The molecule has 4 heteroatoms. The van der Waals surface area contributed by atoms with E-state index in [2.05, 4.69) is 4.90 Å². The summed E-state index contributed by atoms with van der Waals surface area (Å²) in [6.07, 6.45) is 1.32. The second-order valence-corrected chi connectivity index (χ2v) is 3.94. The Bertz CT molecular complexity index is 374. The molecule has 1 aromatic rings. The second-order valence-electron chi connectivity index (χ2n) is 3.94. The maximum atomic E-state index is 10.7. The zero-order valence-electron chi connectivity index (χ0n) is 9.22. The van der Waals surface area contributed by atoms with E-state index in [9.17, 15) is 4.79 Å². The van der Waals surface area contributed by atoms with Gasteiger partial charge in [0.15, 0.2) is 0 Å². The minimum atomic E-state index is -0.886. The van der Waals surface area contributed by atoms with Crippen LogP contribution in [0.1, 0.15) is 16.8 Å². The van der Waals surface area contributed by atoms with Crippen molar-refractivity contribution in [2.75, 3.05) is 25.1 Å². The van der Waals surface area contributed by atoms with Crippen LogP contribution in [0.15, 0.2) is 24.3 Å². The summed E-state index contributed by atoms with van der Waals surface area (Å²) in [6.45, 7) is 1.84. The highest BCUT2D eigenvalue weighted by molar-refractivity contribution is 5.88. The molecule has 16 heavy (non-hydrogen) atoms. The molecule has 1 aliphatic heterocycles. The molecular weight excluding hydrogens is 206 g/mol. The average Bonchev–Trinajstić information content (AvgIpc) is 2.77. The summed E-state index contributed by atoms with van der Waals surface area (Å²) in [5.74, 6) is -0.886. The molecule has 0 spiro atoms. The first-order valence-electron chi connectivity index (χ1n) is 5.32. The van der Waals surface area contributed by atoms with Crippen molar-refractivity contribution in [1.82, 2.24) is 0 Å². The molecule has 0 bridgehead atoms. The van der Waals surface area contributed by atoms with Crippen LogP contribution < -0.4 is 4.90 Å². The predicted octanol–water partition coefficient (Wildman–Crippen LogP) is 1.61. The van der Waals surface area contributed by atoms with E-state index in [0.29, 0.717) is 11.7 Å². The molecule has 86 valence electrons. The molecule has 1 aliphatic rings. The smallest absolute Gasteiger partial charge is 0.335 e. The fourth-order valence-electron chi connectivity index (χ4n) is 1.97. The SMILES string of the molecule is CO[C@H]1CCN(c2ccc(C(=O)O)cc2)C1. The van der Waals surface area contributed by atoms with Gasteiger partial charge in [-0.1, -0.05) is 0 Å². The van der Waals surface area contributed by atoms with Gasteiger partial charge in [-0.2, -0.15) is 0 Å². The van der Waals surface area contributed by atoms with E-state index in [4.69, 9.17) is 9.84 Å². The Kier molecular flexibility index (Phi) is 3.10. The van der Waals surface area contributed by atoms with Gasteiger partial charge in [-0.25, -0.2) is 4.79 Å². The number of ether oxygens (including phenoxy) is 1. The van der Waals surface area contributed by atoms with Crippen LogP contribution in [0, 0.1) is 0 Å². The lowest BCUT2D eigenvalue weighted by molar-refractivity contribution is 0.0697. The molecule has 1 heterocycles. The highest BCUT2D eigenvalue weighted by atomic mass is 16.5. The molecule has 0 aromatic heterocycles.